The van der Waals surface area contributed by atoms with Crippen LogP contribution in [0, 0.1) is 6.92 Å². The third-order valence-electron chi connectivity index (χ3n) is 3.19. The van der Waals surface area contributed by atoms with E-state index in [2.05, 4.69) is 10.1 Å². The number of hydrogen-bond acceptors (Lipinski definition) is 6. The molecular formula is C12H15N3O3. The molecule has 0 amide bonds. The molecule has 1 aliphatic heterocycles. The Labute approximate surface area is 104 Å². The molecule has 0 radical (unpaired) electrons. The minimum atomic E-state index is -0.132. The molecule has 6 nitrogen and oxygen atoms in total. The van der Waals surface area contributed by atoms with E-state index in [0.29, 0.717) is 18.3 Å². The van der Waals surface area contributed by atoms with Crippen molar-refractivity contribution in [1.82, 2.24) is 10.1 Å². The van der Waals surface area contributed by atoms with E-state index in [1.807, 2.05) is 13.0 Å². The second kappa shape index (κ2) is 4.55. The van der Waals surface area contributed by atoms with E-state index in [1.165, 1.54) is 0 Å². The number of furan rings is 1. The molecule has 2 unspecified atom stereocenters. The summed E-state index contributed by atoms with van der Waals surface area (Å²) in [5, 5.41) is 3.96. The molecule has 2 N–H and O–H groups in total. The number of ether oxygens (including phenoxy) is 1. The van der Waals surface area contributed by atoms with Crippen molar-refractivity contribution in [2.45, 2.75) is 32.0 Å². The summed E-state index contributed by atoms with van der Waals surface area (Å²) in [7, 11) is 0. The lowest BCUT2D eigenvalue weighted by molar-refractivity contribution is 0.0307. The summed E-state index contributed by atoms with van der Waals surface area (Å²) in [6, 6.07) is 1.82. The van der Waals surface area contributed by atoms with Crippen molar-refractivity contribution in [2.75, 3.05) is 6.54 Å². The van der Waals surface area contributed by atoms with Gasteiger partial charge >= 0.3 is 0 Å². The van der Waals surface area contributed by atoms with Gasteiger partial charge in [0.15, 0.2) is 0 Å². The van der Waals surface area contributed by atoms with E-state index in [0.717, 1.165) is 24.2 Å². The number of aryl methyl sites for hydroxylation is 1. The maximum absolute atomic E-state index is 5.71. The Bertz CT molecular complexity index is 534. The molecule has 96 valence electrons. The first-order chi connectivity index (χ1) is 8.78. The van der Waals surface area contributed by atoms with Gasteiger partial charge < -0.3 is 19.4 Å². The molecule has 0 saturated carbocycles. The zero-order chi connectivity index (χ0) is 12.5. The summed E-state index contributed by atoms with van der Waals surface area (Å²) in [6.45, 7) is 2.39. The third kappa shape index (κ3) is 1.93. The van der Waals surface area contributed by atoms with Gasteiger partial charge in [0, 0.05) is 6.54 Å². The summed E-state index contributed by atoms with van der Waals surface area (Å²) in [5.41, 5.74) is 6.42. The Hall–Kier alpha value is -1.66. The van der Waals surface area contributed by atoms with Crippen LogP contribution in [-0.2, 0) is 4.74 Å². The van der Waals surface area contributed by atoms with E-state index in [4.69, 9.17) is 19.4 Å². The normalized spacial score (nSPS) is 23.7. The van der Waals surface area contributed by atoms with Crippen LogP contribution < -0.4 is 5.73 Å². The third-order valence-corrected chi connectivity index (χ3v) is 3.19. The van der Waals surface area contributed by atoms with Crippen molar-refractivity contribution < 1.29 is 13.7 Å². The maximum Gasteiger partial charge on any atom is 0.256 e. The number of nitrogens with zero attached hydrogens (tertiary/aromatic N) is 2. The molecule has 2 aromatic heterocycles. The van der Waals surface area contributed by atoms with Crippen LogP contribution in [0.2, 0.25) is 0 Å². The number of aromatic nitrogens is 2. The van der Waals surface area contributed by atoms with Gasteiger partial charge in [0.05, 0.1) is 17.9 Å². The van der Waals surface area contributed by atoms with E-state index in [1.54, 1.807) is 6.26 Å². The van der Waals surface area contributed by atoms with Gasteiger partial charge in [0.2, 0.25) is 5.82 Å². The van der Waals surface area contributed by atoms with Gasteiger partial charge in [-0.1, -0.05) is 5.16 Å². The molecule has 18 heavy (non-hydrogen) atoms. The van der Waals surface area contributed by atoms with Crippen LogP contribution in [-0.4, -0.2) is 22.8 Å². The van der Waals surface area contributed by atoms with Crippen molar-refractivity contribution in [1.29, 1.82) is 0 Å². The summed E-state index contributed by atoms with van der Waals surface area (Å²) in [5.74, 6) is 1.83. The van der Waals surface area contributed by atoms with Gasteiger partial charge in [0.1, 0.15) is 11.9 Å². The molecule has 0 aromatic carbocycles. The lowest BCUT2D eigenvalue weighted by Crippen LogP contribution is -2.18. The zero-order valence-electron chi connectivity index (χ0n) is 10.1. The predicted octanol–water partition coefficient (Wildman–Crippen LogP) is 1.82. The fourth-order valence-corrected chi connectivity index (χ4v) is 2.15. The molecule has 3 heterocycles. The van der Waals surface area contributed by atoms with Gasteiger partial charge in [0.25, 0.3) is 5.89 Å². The molecule has 0 bridgehead atoms. The van der Waals surface area contributed by atoms with Gasteiger partial charge in [-0.3, -0.25) is 0 Å². The van der Waals surface area contributed by atoms with Crippen molar-refractivity contribution >= 4 is 0 Å². The largest absolute Gasteiger partial charge is 0.469 e. The van der Waals surface area contributed by atoms with Crippen LogP contribution in [0.4, 0.5) is 0 Å². The monoisotopic (exact) mass is 249 g/mol. The fraction of sp³-hybridized carbons (Fsp3) is 0.500. The Morgan fingerprint density at radius 3 is 3.00 bits per heavy atom. The second-order valence-electron chi connectivity index (χ2n) is 4.41. The lowest BCUT2D eigenvalue weighted by Gasteiger charge is -2.07. The smallest absolute Gasteiger partial charge is 0.256 e. The summed E-state index contributed by atoms with van der Waals surface area (Å²) in [4.78, 5) is 4.36. The van der Waals surface area contributed by atoms with Crippen molar-refractivity contribution in [3.63, 3.8) is 0 Å². The quantitative estimate of drug-likeness (QED) is 0.892. The highest BCUT2D eigenvalue weighted by atomic mass is 16.5. The Balaban J connectivity index is 1.80. The van der Waals surface area contributed by atoms with Crippen molar-refractivity contribution in [3.05, 3.63) is 24.0 Å². The Morgan fingerprint density at radius 1 is 1.44 bits per heavy atom. The molecule has 6 heteroatoms. The molecule has 0 aliphatic carbocycles. The number of rotatable bonds is 3. The first-order valence-electron chi connectivity index (χ1n) is 6.01. The van der Waals surface area contributed by atoms with Crippen LogP contribution in [0.5, 0.6) is 0 Å². The predicted molar refractivity (Wildman–Crippen MR) is 62.6 cm³/mol. The lowest BCUT2D eigenvalue weighted by atomic mass is 10.2. The van der Waals surface area contributed by atoms with E-state index in [-0.39, 0.29) is 12.2 Å². The van der Waals surface area contributed by atoms with E-state index < -0.39 is 0 Å². The van der Waals surface area contributed by atoms with E-state index >= 15 is 0 Å². The number of hydrogen-bond donors (Lipinski definition) is 1. The van der Waals surface area contributed by atoms with Crippen LogP contribution in [0.15, 0.2) is 21.3 Å². The highest BCUT2D eigenvalue weighted by molar-refractivity contribution is 5.56. The standard InChI is InChI=1S/C12H15N3O3/c1-7-9(4-5-16-7)11-14-12(18-15-11)10-3-2-8(6-13)17-10/h4-5,8,10H,2-3,6,13H2,1H3. The minimum Gasteiger partial charge on any atom is -0.469 e. The van der Waals surface area contributed by atoms with Crippen molar-refractivity contribution in [2.24, 2.45) is 5.73 Å². The first-order valence-corrected chi connectivity index (χ1v) is 6.01. The molecule has 2 aromatic rings. The van der Waals surface area contributed by atoms with Crippen molar-refractivity contribution in [3.8, 4) is 11.4 Å². The van der Waals surface area contributed by atoms with Crippen LogP contribution in [0.3, 0.4) is 0 Å². The van der Waals surface area contributed by atoms with Gasteiger partial charge in [-0.15, -0.1) is 0 Å². The molecule has 1 fully saturated rings. The maximum atomic E-state index is 5.71. The Morgan fingerprint density at radius 2 is 2.33 bits per heavy atom. The molecule has 0 spiro atoms. The SMILES string of the molecule is Cc1occc1-c1noc(C2CCC(CN)O2)n1. The highest BCUT2D eigenvalue weighted by Gasteiger charge is 2.30. The van der Waals surface area contributed by atoms with Crippen LogP contribution in [0.25, 0.3) is 11.4 Å². The van der Waals surface area contributed by atoms with E-state index in [9.17, 15) is 0 Å². The molecule has 1 aliphatic rings. The van der Waals surface area contributed by atoms with Crippen LogP contribution >= 0.6 is 0 Å². The minimum absolute atomic E-state index is 0.0982. The summed E-state index contributed by atoms with van der Waals surface area (Å²) >= 11 is 0. The average molecular weight is 249 g/mol. The summed E-state index contributed by atoms with van der Waals surface area (Å²) < 4.78 is 16.2. The van der Waals surface area contributed by atoms with Crippen LogP contribution in [0.1, 0.15) is 30.6 Å². The topological polar surface area (TPSA) is 87.3 Å². The number of nitrogens with two attached hydrogens (primary N) is 1. The Kier molecular flexibility index (Phi) is 2.89. The average Bonchev–Trinajstić information content (AvgIpc) is 3.07. The second-order valence-corrected chi connectivity index (χ2v) is 4.41. The van der Waals surface area contributed by atoms with Gasteiger partial charge in [-0.2, -0.15) is 4.98 Å². The molecule has 2 atom stereocenters. The summed E-state index contributed by atoms with van der Waals surface area (Å²) in [6.07, 6.45) is 3.38. The van der Waals surface area contributed by atoms with Gasteiger partial charge in [-0.25, -0.2) is 0 Å². The van der Waals surface area contributed by atoms with Gasteiger partial charge in [-0.05, 0) is 25.8 Å². The zero-order valence-corrected chi connectivity index (χ0v) is 10.1. The molecule has 3 rings (SSSR count). The fourth-order valence-electron chi connectivity index (χ4n) is 2.15. The highest BCUT2D eigenvalue weighted by Crippen LogP contribution is 2.32. The molecule has 1 saturated heterocycles. The first kappa shape index (κ1) is 11.4. The molecular weight excluding hydrogens is 234 g/mol.